The second kappa shape index (κ2) is 3.87. The van der Waals surface area contributed by atoms with Crippen molar-refractivity contribution in [3.05, 3.63) is 40.5 Å². The second-order valence-corrected chi connectivity index (χ2v) is 3.48. The molecule has 15 heavy (non-hydrogen) atoms. The van der Waals surface area contributed by atoms with Gasteiger partial charge in [-0.25, -0.2) is 9.79 Å². The molecule has 3 nitrogen and oxygen atoms in total. The van der Waals surface area contributed by atoms with E-state index >= 15 is 0 Å². The van der Waals surface area contributed by atoms with E-state index < -0.39 is 5.97 Å². The van der Waals surface area contributed by atoms with Gasteiger partial charge in [0, 0.05) is 11.9 Å². The molecule has 0 aliphatic carbocycles. The van der Waals surface area contributed by atoms with Crippen molar-refractivity contribution in [1.82, 2.24) is 0 Å². The monoisotopic (exact) mass is 221 g/mol. The lowest BCUT2D eigenvalue weighted by Crippen LogP contribution is -1.99. The molecule has 1 aliphatic rings. The molecule has 4 heteroatoms. The molecular weight excluding hydrogens is 214 g/mol. The van der Waals surface area contributed by atoms with Gasteiger partial charge >= 0.3 is 5.97 Å². The van der Waals surface area contributed by atoms with Crippen LogP contribution in [0.25, 0.3) is 6.08 Å². The summed E-state index contributed by atoms with van der Waals surface area (Å²) in [7, 11) is 0. The summed E-state index contributed by atoms with van der Waals surface area (Å²) in [6.45, 7) is 1.63. The SMILES string of the molecule is CC1=N/C(=C\c2ccccc2Cl)C(=O)O1. The largest absolute Gasteiger partial charge is 0.407 e. The molecule has 0 bridgehead atoms. The number of aliphatic imine (C=N–C) groups is 1. The Labute approximate surface area is 92.0 Å². The van der Waals surface area contributed by atoms with Gasteiger partial charge in [-0.15, -0.1) is 0 Å². The molecule has 0 saturated carbocycles. The van der Waals surface area contributed by atoms with E-state index in [9.17, 15) is 4.79 Å². The number of benzene rings is 1. The van der Waals surface area contributed by atoms with E-state index in [0.717, 1.165) is 5.56 Å². The molecule has 2 rings (SSSR count). The zero-order chi connectivity index (χ0) is 10.8. The van der Waals surface area contributed by atoms with Crippen LogP contribution in [0, 0.1) is 0 Å². The molecule has 1 aromatic rings. The van der Waals surface area contributed by atoms with E-state index in [2.05, 4.69) is 4.99 Å². The fourth-order valence-corrected chi connectivity index (χ4v) is 1.45. The summed E-state index contributed by atoms with van der Waals surface area (Å²) < 4.78 is 4.79. The van der Waals surface area contributed by atoms with Crippen LogP contribution in [0.1, 0.15) is 12.5 Å². The number of rotatable bonds is 1. The molecule has 0 fully saturated rings. The number of hydrogen-bond donors (Lipinski definition) is 0. The van der Waals surface area contributed by atoms with Crippen LogP contribution in [0.2, 0.25) is 5.02 Å². The minimum Gasteiger partial charge on any atom is -0.407 e. The molecule has 0 radical (unpaired) electrons. The van der Waals surface area contributed by atoms with Crippen molar-refractivity contribution < 1.29 is 9.53 Å². The lowest BCUT2D eigenvalue weighted by Gasteiger charge is -1.96. The van der Waals surface area contributed by atoms with Gasteiger partial charge < -0.3 is 4.74 Å². The molecule has 0 spiro atoms. The van der Waals surface area contributed by atoms with Crippen molar-refractivity contribution in [2.24, 2.45) is 4.99 Å². The predicted octanol–water partition coefficient (Wildman–Crippen LogP) is 2.66. The number of nitrogens with zero attached hydrogens (tertiary/aromatic N) is 1. The van der Waals surface area contributed by atoms with E-state index in [1.807, 2.05) is 18.2 Å². The highest BCUT2D eigenvalue weighted by Crippen LogP contribution is 2.21. The van der Waals surface area contributed by atoms with E-state index in [1.54, 1.807) is 19.1 Å². The average Bonchev–Trinajstić information content (AvgIpc) is 2.49. The fraction of sp³-hybridized carbons (Fsp3) is 0.0909. The highest BCUT2D eigenvalue weighted by atomic mass is 35.5. The van der Waals surface area contributed by atoms with E-state index in [-0.39, 0.29) is 5.70 Å². The molecule has 0 unspecified atom stereocenters. The van der Waals surface area contributed by atoms with E-state index in [0.29, 0.717) is 10.9 Å². The first kappa shape index (κ1) is 9.93. The average molecular weight is 222 g/mol. The standard InChI is InChI=1S/C11H8ClNO2/c1-7-13-10(11(14)15-7)6-8-4-2-3-5-9(8)12/h2-6H,1H3/b10-6-. The molecule has 76 valence electrons. The highest BCUT2D eigenvalue weighted by Gasteiger charge is 2.19. The second-order valence-electron chi connectivity index (χ2n) is 3.07. The lowest BCUT2D eigenvalue weighted by atomic mass is 10.2. The number of halogens is 1. The van der Waals surface area contributed by atoms with Gasteiger partial charge in [-0.1, -0.05) is 29.8 Å². The minimum atomic E-state index is -0.438. The van der Waals surface area contributed by atoms with Crippen LogP contribution >= 0.6 is 11.6 Å². The van der Waals surface area contributed by atoms with E-state index in [1.165, 1.54) is 0 Å². The van der Waals surface area contributed by atoms with Gasteiger partial charge in [-0.3, -0.25) is 0 Å². The van der Waals surface area contributed by atoms with Crippen molar-refractivity contribution in [1.29, 1.82) is 0 Å². The Kier molecular flexibility index (Phi) is 2.56. The highest BCUT2D eigenvalue weighted by molar-refractivity contribution is 6.32. The van der Waals surface area contributed by atoms with Crippen molar-refractivity contribution in [2.75, 3.05) is 0 Å². The molecule has 1 aliphatic heterocycles. The molecule has 0 amide bonds. The third-order valence-electron chi connectivity index (χ3n) is 1.92. The first-order valence-electron chi connectivity index (χ1n) is 4.40. The fourth-order valence-electron chi connectivity index (χ4n) is 1.26. The maximum Gasteiger partial charge on any atom is 0.363 e. The topological polar surface area (TPSA) is 38.7 Å². The Morgan fingerprint density at radius 2 is 2.13 bits per heavy atom. The summed E-state index contributed by atoms with van der Waals surface area (Å²) in [4.78, 5) is 15.2. The summed E-state index contributed by atoms with van der Waals surface area (Å²) in [6.07, 6.45) is 1.61. The van der Waals surface area contributed by atoms with Crippen molar-refractivity contribution in [3.8, 4) is 0 Å². The Morgan fingerprint density at radius 3 is 2.73 bits per heavy atom. The molecule has 0 N–H and O–H groups in total. The number of esters is 1. The molecule has 1 aromatic carbocycles. The Hall–Kier alpha value is -1.61. The smallest absolute Gasteiger partial charge is 0.363 e. The van der Waals surface area contributed by atoms with Gasteiger partial charge in [0.15, 0.2) is 11.6 Å². The van der Waals surface area contributed by atoms with Gasteiger partial charge in [0.2, 0.25) is 0 Å². The van der Waals surface area contributed by atoms with Crippen LogP contribution in [0.5, 0.6) is 0 Å². The Balaban J connectivity index is 2.39. The van der Waals surface area contributed by atoms with Crippen LogP contribution in [-0.2, 0) is 9.53 Å². The van der Waals surface area contributed by atoms with E-state index in [4.69, 9.17) is 16.3 Å². The van der Waals surface area contributed by atoms with Gasteiger partial charge in [-0.2, -0.15) is 0 Å². The van der Waals surface area contributed by atoms with Crippen LogP contribution in [0.15, 0.2) is 35.0 Å². The Bertz CT molecular complexity index is 477. The third kappa shape index (κ3) is 2.07. The van der Waals surface area contributed by atoms with Crippen LogP contribution in [0.3, 0.4) is 0 Å². The number of cyclic esters (lactones) is 1. The maximum absolute atomic E-state index is 11.3. The van der Waals surface area contributed by atoms with Crippen molar-refractivity contribution >= 4 is 29.5 Å². The lowest BCUT2D eigenvalue weighted by molar-refractivity contribution is -0.130. The summed E-state index contributed by atoms with van der Waals surface area (Å²) >= 11 is 5.94. The van der Waals surface area contributed by atoms with Crippen LogP contribution < -0.4 is 0 Å². The molecule has 0 atom stereocenters. The van der Waals surface area contributed by atoms with Gasteiger partial charge in [0.05, 0.1) is 0 Å². The quantitative estimate of drug-likeness (QED) is 0.540. The first-order chi connectivity index (χ1) is 7.16. The summed E-state index contributed by atoms with van der Waals surface area (Å²) in [5, 5.41) is 0.581. The maximum atomic E-state index is 11.3. The van der Waals surface area contributed by atoms with Gasteiger partial charge in [-0.05, 0) is 17.7 Å². The summed E-state index contributed by atoms with van der Waals surface area (Å²) in [6, 6.07) is 7.23. The van der Waals surface area contributed by atoms with Crippen molar-refractivity contribution in [3.63, 3.8) is 0 Å². The molecule has 0 aromatic heterocycles. The zero-order valence-corrected chi connectivity index (χ0v) is 8.78. The first-order valence-corrected chi connectivity index (χ1v) is 4.78. The summed E-state index contributed by atoms with van der Waals surface area (Å²) in [5.74, 6) is -0.0780. The van der Waals surface area contributed by atoms with Crippen molar-refractivity contribution in [2.45, 2.75) is 6.92 Å². The van der Waals surface area contributed by atoms with Crippen LogP contribution in [0.4, 0.5) is 0 Å². The number of carbonyl (C=O) groups excluding carboxylic acids is 1. The van der Waals surface area contributed by atoms with Gasteiger partial charge in [0.25, 0.3) is 0 Å². The Morgan fingerprint density at radius 1 is 1.40 bits per heavy atom. The minimum absolute atomic E-state index is 0.278. The van der Waals surface area contributed by atoms with Crippen LogP contribution in [-0.4, -0.2) is 11.9 Å². The van der Waals surface area contributed by atoms with Gasteiger partial charge in [0.1, 0.15) is 0 Å². The predicted molar refractivity (Wildman–Crippen MR) is 58.6 cm³/mol. The number of ether oxygens (including phenoxy) is 1. The normalized spacial score (nSPS) is 17.9. The molecular formula is C11H8ClNO2. The number of carbonyl (C=O) groups is 1. The third-order valence-corrected chi connectivity index (χ3v) is 2.27. The molecule has 0 saturated heterocycles. The zero-order valence-electron chi connectivity index (χ0n) is 8.03. The summed E-state index contributed by atoms with van der Waals surface area (Å²) in [5.41, 5.74) is 1.03. The molecule has 1 heterocycles. The number of hydrogen-bond acceptors (Lipinski definition) is 3.